The molecule has 0 radical (unpaired) electrons. The van der Waals surface area contributed by atoms with Gasteiger partial charge in [-0.25, -0.2) is 0 Å². The SMILES string of the molecule is Cc1ccc(N2CC(S(=O)(=O)F)CC2=O)c(S(=O)(=O)O)c1. The zero-order valence-electron chi connectivity index (χ0n) is 10.9. The average Bonchev–Trinajstić information content (AvgIpc) is 2.70. The molecule has 7 nitrogen and oxygen atoms in total. The van der Waals surface area contributed by atoms with Gasteiger partial charge in [-0.2, -0.15) is 16.8 Å². The van der Waals surface area contributed by atoms with Crippen LogP contribution in [0.25, 0.3) is 0 Å². The first-order chi connectivity index (χ1) is 9.50. The van der Waals surface area contributed by atoms with E-state index in [1.54, 1.807) is 6.92 Å². The van der Waals surface area contributed by atoms with Crippen molar-refractivity contribution in [3.8, 4) is 0 Å². The van der Waals surface area contributed by atoms with Crippen LogP contribution in [0.4, 0.5) is 9.57 Å². The van der Waals surface area contributed by atoms with Crippen LogP contribution in [0.1, 0.15) is 12.0 Å². The number of hydrogen-bond acceptors (Lipinski definition) is 5. The molecule has 0 saturated carbocycles. The maximum atomic E-state index is 13.0. The zero-order valence-corrected chi connectivity index (χ0v) is 12.5. The van der Waals surface area contributed by atoms with Gasteiger partial charge in [0.05, 0.1) is 5.69 Å². The summed E-state index contributed by atoms with van der Waals surface area (Å²) < 4.78 is 66.7. The van der Waals surface area contributed by atoms with Crippen molar-refractivity contribution in [1.82, 2.24) is 0 Å². The summed E-state index contributed by atoms with van der Waals surface area (Å²) in [5.74, 6) is -0.727. The monoisotopic (exact) mass is 337 g/mol. The molecule has 1 fully saturated rings. The van der Waals surface area contributed by atoms with Gasteiger partial charge < -0.3 is 4.90 Å². The van der Waals surface area contributed by atoms with Gasteiger partial charge in [0.1, 0.15) is 10.1 Å². The fourth-order valence-corrected chi connectivity index (χ4v) is 3.59. The van der Waals surface area contributed by atoms with Gasteiger partial charge in [-0.3, -0.25) is 9.35 Å². The van der Waals surface area contributed by atoms with E-state index in [1.807, 2.05) is 0 Å². The molecule has 0 bridgehead atoms. The standard InChI is InChI=1S/C11H12FNO6S2/c1-7-2-3-9(10(4-7)21(17,18)19)13-6-8(5-11(13)14)20(12,15)16/h2-4,8H,5-6H2,1H3,(H,17,18,19). The number of hydrogen-bond donors (Lipinski definition) is 1. The molecule has 1 N–H and O–H groups in total. The van der Waals surface area contributed by atoms with Crippen LogP contribution < -0.4 is 4.90 Å². The Morgan fingerprint density at radius 3 is 2.38 bits per heavy atom. The van der Waals surface area contributed by atoms with Gasteiger partial charge in [-0.1, -0.05) is 6.07 Å². The smallest absolute Gasteiger partial charge is 0.307 e. The summed E-state index contributed by atoms with van der Waals surface area (Å²) in [7, 11) is -9.51. The molecule has 1 atom stereocenters. The molecule has 2 rings (SSSR count). The Bertz CT molecular complexity index is 802. The van der Waals surface area contributed by atoms with Crippen molar-refractivity contribution in [1.29, 1.82) is 0 Å². The third-order valence-corrected chi connectivity index (χ3v) is 5.17. The maximum Gasteiger partial charge on any atom is 0.307 e. The first-order valence-electron chi connectivity index (χ1n) is 5.82. The number of nitrogens with zero attached hydrogens (tertiary/aromatic N) is 1. The van der Waals surface area contributed by atoms with Crippen LogP contribution >= 0.6 is 0 Å². The second-order valence-corrected chi connectivity index (χ2v) is 7.76. The molecule has 1 heterocycles. The van der Waals surface area contributed by atoms with Crippen molar-refractivity contribution in [3.63, 3.8) is 0 Å². The van der Waals surface area contributed by atoms with Crippen LogP contribution in [0, 0.1) is 6.92 Å². The maximum absolute atomic E-state index is 13.0. The van der Waals surface area contributed by atoms with E-state index >= 15 is 0 Å². The summed E-state index contributed by atoms with van der Waals surface area (Å²) in [6.45, 7) is 1.09. The fraction of sp³-hybridized carbons (Fsp3) is 0.364. The van der Waals surface area contributed by atoms with Gasteiger partial charge in [-0.05, 0) is 24.6 Å². The van der Waals surface area contributed by atoms with E-state index in [9.17, 15) is 30.1 Å². The fourth-order valence-electron chi connectivity index (χ4n) is 2.15. The Balaban J connectivity index is 2.51. The van der Waals surface area contributed by atoms with E-state index in [-0.39, 0.29) is 5.69 Å². The van der Waals surface area contributed by atoms with Crippen molar-refractivity contribution < 1.29 is 30.1 Å². The van der Waals surface area contributed by atoms with E-state index in [0.29, 0.717) is 5.56 Å². The molecule has 21 heavy (non-hydrogen) atoms. The van der Waals surface area contributed by atoms with Crippen molar-refractivity contribution in [3.05, 3.63) is 23.8 Å². The first-order valence-corrected chi connectivity index (χ1v) is 8.71. The number of carbonyl (C=O) groups excluding carboxylic acids is 1. The predicted octanol–water partition coefficient (Wildman–Crippen LogP) is 0.646. The van der Waals surface area contributed by atoms with Crippen LogP contribution in [0.5, 0.6) is 0 Å². The normalized spacial score (nSPS) is 20.0. The zero-order chi connectivity index (χ0) is 16.0. The van der Waals surface area contributed by atoms with Crippen molar-refractivity contribution in [2.24, 2.45) is 0 Å². The van der Waals surface area contributed by atoms with Gasteiger partial charge in [0.15, 0.2) is 0 Å². The van der Waals surface area contributed by atoms with Crippen LogP contribution in [-0.2, 0) is 25.1 Å². The number of carbonyl (C=O) groups is 1. The van der Waals surface area contributed by atoms with Gasteiger partial charge in [-0.15, -0.1) is 3.89 Å². The number of benzene rings is 1. The highest BCUT2D eigenvalue weighted by Crippen LogP contribution is 2.31. The number of rotatable bonds is 3. The third kappa shape index (κ3) is 3.22. The molecule has 1 amide bonds. The van der Waals surface area contributed by atoms with Crippen LogP contribution in [0.2, 0.25) is 0 Å². The molecule has 0 aliphatic carbocycles. The highest BCUT2D eigenvalue weighted by molar-refractivity contribution is 7.87. The molecule has 1 aromatic rings. The van der Waals surface area contributed by atoms with Gasteiger partial charge in [0, 0.05) is 13.0 Å². The Kier molecular flexibility index (Phi) is 3.80. The van der Waals surface area contributed by atoms with Crippen molar-refractivity contribution >= 4 is 31.9 Å². The number of aryl methyl sites for hydroxylation is 1. The molecular weight excluding hydrogens is 325 g/mol. The lowest BCUT2D eigenvalue weighted by Crippen LogP contribution is -2.28. The Morgan fingerprint density at radius 1 is 1.29 bits per heavy atom. The van der Waals surface area contributed by atoms with Crippen molar-refractivity contribution in [2.45, 2.75) is 23.5 Å². The summed E-state index contributed by atoms with van der Waals surface area (Å²) in [6, 6.07) is 3.91. The predicted molar refractivity (Wildman–Crippen MR) is 71.8 cm³/mol. The minimum Gasteiger partial charge on any atom is -0.310 e. The first kappa shape index (κ1) is 15.9. The van der Waals surface area contributed by atoms with Gasteiger partial charge in [0.25, 0.3) is 10.1 Å². The quantitative estimate of drug-likeness (QED) is 0.640. The topological polar surface area (TPSA) is 109 Å². The van der Waals surface area contributed by atoms with Gasteiger partial charge in [0.2, 0.25) is 5.91 Å². The third-order valence-electron chi connectivity index (χ3n) is 3.17. The van der Waals surface area contributed by atoms with Crippen molar-refractivity contribution in [2.75, 3.05) is 11.4 Å². The second kappa shape index (κ2) is 5.04. The number of halogens is 1. The molecule has 0 spiro atoms. The highest BCUT2D eigenvalue weighted by atomic mass is 32.3. The summed E-state index contributed by atoms with van der Waals surface area (Å²) in [6.07, 6.45) is -0.572. The highest BCUT2D eigenvalue weighted by Gasteiger charge is 2.40. The lowest BCUT2D eigenvalue weighted by atomic mass is 10.2. The molecule has 10 heteroatoms. The molecule has 116 valence electrons. The lowest BCUT2D eigenvalue weighted by molar-refractivity contribution is -0.117. The minimum absolute atomic E-state index is 0.167. The van der Waals surface area contributed by atoms with E-state index < -0.39 is 49.4 Å². The Labute approximate surface area is 121 Å². The molecule has 0 aromatic heterocycles. The van der Waals surface area contributed by atoms with Crippen LogP contribution in [-0.4, -0.2) is 39.1 Å². The minimum atomic E-state index is -4.91. The average molecular weight is 337 g/mol. The number of anilines is 1. The molecular formula is C11H12FNO6S2. The van der Waals surface area contributed by atoms with Crippen LogP contribution in [0.3, 0.4) is 0 Å². The molecule has 1 saturated heterocycles. The van der Waals surface area contributed by atoms with E-state index in [4.69, 9.17) is 0 Å². The molecule has 1 aliphatic heterocycles. The largest absolute Gasteiger partial charge is 0.310 e. The lowest BCUT2D eigenvalue weighted by Gasteiger charge is -2.19. The summed E-state index contributed by atoms with van der Waals surface area (Å²) >= 11 is 0. The second-order valence-electron chi connectivity index (χ2n) is 4.75. The Hall–Kier alpha value is -1.52. The molecule has 1 aliphatic rings. The molecule has 1 aromatic carbocycles. The molecule has 1 unspecified atom stereocenters. The van der Waals surface area contributed by atoms with E-state index in [2.05, 4.69) is 0 Å². The van der Waals surface area contributed by atoms with E-state index in [0.717, 1.165) is 11.0 Å². The van der Waals surface area contributed by atoms with E-state index in [1.165, 1.54) is 12.1 Å². The summed E-state index contributed by atoms with van der Waals surface area (Å²) in [5.41, 5.74) is 0.354. The number of amides is 1. The Morgan fingerprint density at radius 2 is 1.90 bits per heavy atom. The summed E-state index contributed by atoms with van der Waals surface area (Å²) in [5, 5.41) is -1.54. The summed E-state index contributed by atoms with van der Waals surface area (Å²) in [4.78, 5) is 12.1. The van der Waals surface area contributed by atoms with Gasteiger partial charge >= 0.3 is 10.2 Å². The van der Waals surface area contributed by atoms with Crippen LogP contribution in [0.15, 0.2) is 23.1 Å².